The fourth-order valence-electron chi connectivity index (χ4n) is 1.65. The molecule has 0 spiro atoms. The van der Waals surface area contributed by atoms with Crippen molar-refractivity contribution < 1.29 is 10.2 Å². The third-order valence-corrected chi connectivity index (χ3v) is 3.34. The first-order valence-electron chi connectivity index (χ1n) is 5.57. The maximum atomic E-state index is 9.99. The Balaban J connectivity index is 2.20. The van der Waals surface area contributed by atoms with Gasteiger partial charge in [0.15, 0.2) is 0 Å². The molecule has 0 aliphatic carbocycles. The molecular formula is C15H13BrO2. The van der Waals surface area contributed by atoms with Crippen LogP contribution in [0.5, 0.6) is 5.75 Å². The number of rotatable bonds is 3. The first-order valence-corrected chi connectivity index (χ1v) is 6.36. The minimum Gasteiger partial charge on any atom is -0.508 e. The molecule has 2 N–H and O–H groups in total. The van der Waals surface area contributed by atoms with E-state index in [-0.39, 0.29) is 5.75 Å². The predicted octanol–water partition coefficient (Wildman–Crippen LogP) is 3.90. The quantitative estimate of drug-likeness (QED) is 0.903. The van der Waals surface area contributed by atoms with Crippen LogP contribution in [0.25, 0.3) is 6.08 Å². The summed E-state index contributed by atoms with van der Waals surface area (Å²) >= 11 is 3.43. The van der Waals surface area contributed by atoms with E-state index >= 15 is 0 Å². The normalized spacial score (nSPS) is 12.8. The monoisotopic (exact) mass is 304 g/mol. The summed E-state index contributed by atoms with van der Waals surface area (Å²) in [5, 5.41) is 19.6. The standard InChI is InChI=1S/C15H13BrO2/c16-13-7-3-1-5-11(13)9-10-15(18)12-6-2-4-8-14(12)17/h1-10,15,17-18H/b10-9+. The van der Waals surface area contributed by atoms with Crippen molar-refractivity contribution in [1.82, 2.24) is 0 Å². The Kier molecular flexibility index (Phi) is 4.18. The summed E-state index contributed by atoms with van der Waals surface area (Å²) in [6.45, 7) is 0. The second-order valence-corrected chi connectivity index (χ2v) is 4.74. The third-order valence-electron chi connectivity index (χ3n) is 2.62. The number of hydrogen-bond acceptors (Lipinski definition) is 2. The summed E-state index contributed by atoms with van der Waals surface area (Å²) in [4.78, 5) is 0. The minimum atomic E-state index is -0.821. The van der Waals surface area contributed by atoms with Crippen LogP contribution in [-0.2, 0) is 0 Å². The average Bonchev–Trinajstić information content (AvgIpc) is 2.38. The van der Waals surface area contributed by atoms with Crippen LogP contribution in [0.4, 0.5) is 0 Å². The zero-order valence-corrected chi connectivity index (χ0v) is 11.2. The number of phenolic OH excluding ortho intramolecular Hbond substituents is 1. The number of hydrogen-bond donors (Lipinski definition) is 2. The Hall–Kier alpha value is -1.58. The third kappa shape index (κ3) is 3.00. The van der Waals surface area contributed by atoms with E-state index in [2.05, 4.69) is 15.9 Å². The Labute approximate surface area is 114 Å². The lowest BCUT2D eigenvalue weighted by atomic mass is 10.1. The highest BCUT2D eigenvalue weighted by Gasteiger charge is 2.07. The minimum absolute atomic E-state index is 0.0989. The Morgan fingerprint density at radius 3 is 2.39 bits per heavy atom. The molecule has 2 nitrogen and oxygen atoms in total. The summed E-state index contributed by atoms with van der Waals surface area (Å²) in [6, 6.07) is 14.5. The number of aliphatic hydroxyl groups excluding tert-OH is 1. The molecule has 92 valence electrons. The molecule has 0 radical (unpaired) electrons. The molecule has 0 bridgehead atoms. The number of aliphatic hydroxyl groups is 1. The van der Waals surface area contributed by atoms with Gasteiger partial charge in [-0.15, -0.1) is 0 Å². The number of benzene rings is 2. The Morgan fingerprint density at radius 1 is 1.00 bits per heavy atom. The summed E-state index contributed by atoms with van der Waals surface area (Å²) in [7, 11) is 0. The van der Waals surface area contributed by atoms with Gasteiger partial charge < -0.3 is 10.2 Å². The van der Waals surface area contributed by atoms with Crippen molar-refractivity contribution >= 4 is 22.0 Å². The van der Waals surface area contributed by atoms with Crippen molar-refractivity contribution in [3.63, 3.8) is 0 Å². The fourth-order valence-corrected chi connectivity index (χ4v) is 2.06. The van der Waals surface area contributed by atoms with Crippen LogP contribution in [0.15, 0.2) is 59.1 Å². The van der Waals surface area contributed by atoms with Gasteiger partial charge in [0.25, 0.3) is 0 Å². The van der Waals surface area contributed by atoms with Gasteiger partial charge in [-0.05, 0) is 17.7 Å². The lowest BCUT2D eigenvalue weighted by molar-refractivity contribution is 0.224. The van der Waals surface area contributed by atoms with Crippen molar-refractivity contribution in [1.29, 1.82) is 0 Å². The second-order valence-electron chi connectivity index (χ2n) is 3.88. The molecule has 2 rings (SSSR count). The number of aromatic hydroxyl groups is 1. The first kappa shape index (κ1) is 12.9. The van der Waals surface area contributed by atoms with Crippen LogP contribution in [0.1, 0.15) is 17.2 Å². The number of para-hydroxylation sites is 1. The van der Waals surface area contributed by atoms with Crippen LogP contribution in [0.2, 0.25) is 0 Å². The van der Waals surface area contributed by atoms with Gasteiger partial charge in [-0.3, -0.25) is 0 Å². The summed E-state index contributed by atoms with van der Waals surface area (Å²) in [5.41, 5.74) is 1.48. The van der Waals surface area contributed by atoms with Crippen molar-refractivity contribution in [3.05, 3.63) is 70.2 Å². The van der Waals surface area contributed by atoms with Gasteiger partial charge in [0.1, 0.15) is 11.9 Å². The Morgan fingerprint density at radius 2 is 1.67 bits per heavy atom. The van der Waals surface area contributed by atoms with Crippen LogP contribution in [0.3, 0.4) is 0 Å². The van der Waals surface area contributed by atoms with Crippen LogP contribution >= 0.6 is 15.9 Å². The van der Waals surface area contributed by atoms with Crippen molar-refractivity contribution in [2.45, 2.75) is 6.10 Å². The second kappa shape index (κ2) is 5.85. The zero-order chi connectivity index (χ0) is 13.0. The molecule has 0 saturated heterocycles. The first-order chi connectivity index (χ1) is 8.68. The van der Waals surface area contributed by atoms with Crippen molar-refractivity contribution in [2.24, 2.45) is 0 Å². The molecular weight excluding hydrogens is 292 g/mol. The van der Waals surface area contributed by atoms with Crippen molar-refractivity contribution in [2.75, 3.05) is 0 Å². The van der Waals surface area contributed by atoms with Crippen LogP contribution in [-0.4, -0.2) is 10.2 Å². The number of phenols is 1. The molecule has 0 aliphatic heterocycles. The van der Waals surface area contributed by atoms with Crippen molar-refractivity contribution in [3.8, 4) is 5.75 Å². The summed E-state index contributed by atoms with van der Waals surface area (Å²) in [5.74, 6) is 0.0989. The van der Waals surface area contributed by atoms with E-state index in [4.69, 9.17) is 0 Å². The SMILES string of the molecule is Oc1ccccc1C(O)/C=C/c1ccccc1Br. The van der Waals surface area contributed by atoms with E-state index in [1.807, 2.05) is 30.3 Å². The molecule has 1 atom stereocenters. The van der Waals surface area contributed by atoms with E-state index in [0.29, 0.717) is 5.56 Å². The maximum absolute atomic E-state index is 9.99. The molecule has 0 aromatic heterocycles. The van der Waals surface area contributed by atoms with Gasteiger partial charge in [-0.25, -0.2) is 0 Å². The smallest absolute Gasteiger partial charge is 0.121 e. The van der Waals surface area contributed by atoms with Crippen LogP contribution in [0, 0.1) is 0 Å². The maximum Gasteiger partial charge on any atom is 0.121 e. The van der Waals surface area contributed by atoms with E-state index in [9.17, 15) is 10.2 Å². The molecule has 18 heavy (non-hydrogen) atoms. The van der Waals surface area contributed by atoms with E-state index in [0.717, 1.165) is 10.0 Å². The van der Waals surface area contributed by atoms with Gasteiger partial charge >= 0.3 is 0 Å². The average molecular weight is 305 g/mol. The molecule has 3 heteroatoms. The van der Waals surface area contributed by atoms with E-state index in [1.54, 1.807) is 30.3 Å². The topological polar surface area (TPSA) is 40.5 Å². The van der Waals surface area contributed by atoms with E-state index in [1.165, 1.54) is 0 Å². The highest BCUT2D eigenvalue weighted by atomic mass is 79.9. The molecule has 0 saturated carbocycles. The van der Waals surface area contributed by atoms with Gasteiger partial charge in [-0.2, -0.15) is 0 Å². The summed E-state index contributed by atoms with van der Waals surface area (Å²) < 4.78 is 0.964. The zero-order valence-electron chi connectivity index (χ0n) is 9.62. The highest BCUT2D eigenvalue weighted by Crippen LogP contribution is 2.26. The van der Waals surface area contributed by atoms with Gasteiger partial charge in [-0.1, -0.05) is 64.5 Å². The molecule has 0 amide bonds. The highest BCUT2D eigenvalue weighted by molar-refractivity contribution is 9.10. The van der Waals surface area contributed by atoms with Gasteiger partial charge in [0, 0.05) is 10.0 Å². The molecule has 2 aromatic rings. The lowest BCUT2D eigenvalue weighted by Crippen LogP contribution is -1.93. The molecule has 0 fully saturated rings. The lowest BCUT2D eigenvalue weighted by Gasteiger charge is -2.08. The molecule has 2 aromatic carbocycles. The van der Waals surface area contributed by atoms with Gasteiger partial charge in [0.05, 0.1) is 0 Å². The predicted molar refractivity (Wildman–Crippen MR) is 76.2 cm³/mol. The summed E-state index contributed by atoms with van der Waals surface area (Å²) in [6.07, 6.45) is 2.65. The molecule has 0 heterocycles. The van der Waals surface area contributed by atoms with Gasteiger partial charge in [0.2, 0.25) is 0 Å². The largest absolute Gasteiger partial charge is 0.508 e. The number of halogens is 1. The van der Waals surface area contributed by atoms with Crippen LogP contribution < -0.4 is 0 Å². The molecule has 1 unspecified atom stereocenters. The fraction of sp³-hybridized carbons (Fsp3) is 0.0667. The molecule has 0 aliphatic rings. The van der Waals surface area contributed by atoms with E-state index < -0.39 is 6.10 Å². The Bertz CT molecular complexity index is 564.